The Balaban J connectivity index is 1.58. The molecule has 7 heteroatoms. The molecular weight excluding hydrogens is 458 g/mol. The van der Waals surface area contributed by atoms with E-state index in [0.717, 1.165) is 46.3 Å². The number of aryl methyl sites for hydroxylation is 1. The van der Waals surface area contributed by atoms with Crippen LogP contribution in [0.4, 0.5) is 10.5 Å². The molecule has 6 nitrogen and oxygen atoms in total. The van der Waals surface area contributed by atoms with Crippen molar-refractivity contribution in [2.45, 2.75) is 13.3 Å². The molecule has 1 aliphatic rings. The minimum atomic E-state index is -0.325. The molecule has 2 amide bonds. The number of thioether (sulfide) groups is 1. The number of ether oxygens (including phenoxy) is 1. The third kappa shape index (κ3) is 4.38. The van der Waals surface area contributed by atoms with Gasteiger partial charge >= 0.3 is 0 Å². The number of rotatable bonds is 6. The normalized spacial score (nSPS) is 14.7. The largest absolute Gasteiger partial charge is 0.497 e. The zero-order valence-electron chi connectivity index (χ0n) is 19.3. The Hall–Kier alpha value is -4.10. The van der Waals surface area contributed by atoms with Gasteiger partial charge < -0.3 is 4.74 Å². The van der Waals surface area contributed by atoms with Crippen molar-refractivity contribution in [2.24, 2.45) is 0 Å². The van der Waals surface area contributed by atoms with Crippen molar-refractivity contribution >= 4 is 34.7 Å². The Morgan fingerprint density at radius 2 is 1.66 bits per heavy atom. The highest BCUT2D eigenvalue weighted by atomic mass is 32.2. The summed E-state index contributed by atoms with van der Waals surface area (Å²) in [7, 11) is 1.62. The van der Waals surface area contributed by atoms with E-state index in [9.17, 15) is 9.59 Å². The predicted molar refractivity (Wildman–Crippen MR) is 140 cm³/mol. The number of aromatic nitrogens is 2. The van der Waals surface area contributed by atoms with Crippen LogP contribution in [0, 0.1) is 0 Å². The Labute approximate surface area is 207 Å². The quantitative estimate of drug-likeness (QED) is 0.300. The molecule has 0 spiro atoms. The molecule has 1 aliphatic heterocycles. The summed E-state index contributed by atoms with van der Waals surface area (Å²) >= 11 is 0.947. The molecule has 2 heterocycles. The van der Waals surface area contributed by atoms with Gasteiger partial charge in [-0.1, -0.05) is 43.3 Å². The molecule has 0 aliphatic carbocycles. The van der Waals surface area contributed by atoms with E-state index in [1.165, 1.54) is 4.90 Å². The Kier molecular flexibility index (Phi) is 6.25. The van der Waals surface area contributed by atoms with Crippen LogP contribution < -0.4 is 9.64 Å². The van der Waals surface area contributed by atoms with Crippen molar-refractivity contribution in [2.75, 3.05) is 12.0 Å². The topological polar surface area (TPSA) is 64.4 Å². The number of amides is 2. The maximum absolute atomic E-state index is 13.4. The van der Waals surface area contributed by atoms with E-state index < -0.39 is 0 Å². The van der Waals surface area contributed by atoms with Crippen LogP contribution in [0.25, 0.3) is 23.0 Å². The number of carbonyl (C=O) groups excluding carboxylic acids is 2. The van der Waals surface area contributed by atoms with Crippen LogP contribution in [-0.2, 0) is 11.2 Å². The van der Waals surface area contributed by atoms with Gasteiger partial charge in [0, 0.05) is 17.3 Å². The fraction of sp³-hybridized carbons (Fsp3) is 0.107. The van der Waals surface area contributed by atoms with E-state index in [-0.39, 0.29) is 11.1 Å². The van der Waals surface area contributed by atoms with Crippen LogP contribution in [-0.4, -0.2) is 28.0 Å². The van der Waals surface area contributed by atoms with Gasteiger partial charge in [-0.3, -0.25) is 9.59 Å². The molecule has 0 atom stereocenters. The summed E-state index contributed by atoms with van der Waals surface area (Å²) < 4.78 is 7.07. The SMILES string of the molecule is CCc1ccccc1N1C(=O)S/C(=C\c2cn(-c3ccccc3)nc2-c2ccc(OC)cc2)C1=O. The molecule has 0 radical (unpaired) electrons. The summed E-state index contributed by atoms with van der Waals surface area (Å²) in [4.78, 5) is 27.9. The zero-order valence-corrected chi connectivity index (χ0v) is 20.2. The first kappa shape index (κ1) is 22.7. The maximum atomic E-state index is 13.4. The molecule has 0 bridgehead atoms. The standard InChI is InChI=1S/C28H23N3O3S/c1-3-19-9-7-8-12-24(19)31-27(32)25(35-28(31)33)17-21-18-30(22-10-5-4-6-11-22)29-26(21)20-13-15-23(34-2)16-14-20/h4-18H,3H2,1-2H3/b25-17-. The number of nitrogens with zero attached hydrogens (tertiary/aromatic N) is 3. The van der Waals surface area contributed by atoms with E-state index in [4.69, 9.17) is 9.84 Å². The predicted octanol–water partition coefficient (Wildman–Crippen LogP) is 6.35. The second-order valence-electron chi connectivity index (χ2n) is 7.94. The summed E-state index contributed by atoms with van der Waals surface area (Å²) in [6.07, 6.45) is 4.36. The van der Waals surface area contributed by atoms with Gasteiger partial charge in [0.2, 0.25) is 0 Å². The summed E-state index contributed by atoms with van der Waals surface area (Å²) in [5.74, 6) is 0.419. The van der Waals surface area contributed by atoms with Crippen molar-refractivity contribution in [3.8, 4) is 22.7 Å². The molecule has 1 fully saturated rings. The number of methoxy groups -OCH3 is 1. The lowest BCUT2D eigenvalue weighted by atomic mass is 10.1. The van der Waals surface area contributed by atoms with Gasteiger partial charge in [0.05, 0.1) is 29.1 Å². The van der Waals surface area contributed by atoms with Crippen molar-refractivity contribution < 1.29 is 14.3 Å². The fourth-order valence-electron chi connectivity index (χ4n) is 4.02. The first-order valence-electron chi connectivity index (χ1n) is 11.2. The molecule has 1 saturated heterocycles. The summed E-state index contributed by atoms with van der Waals surface area (Å²) in [5.41, 5.74) is 4.81. The van der Waals surface area contributed by atoms with Crippen molar-refractivity contribution in [3.05, 3.63) is 101 Å². The molecular formula is C28H23N3O3S. The fourth-order valence-corrected chi connectivity index (χ4v) is 4.85. The average molecular weight is 482 g/mol. The average Bonchev–Trinajstić information content (AvgIpc) is 3.44. The molecule has 1 aromatic heterocycles. The lowest BCUT2D eigenvalue weighted by Gasteiger charge is -2.16. The van der Waals surface area contributed by atoms with Crippen LogP contribution >= 0.6 is 11.8 Å². The van der Waals surface area contributed by atoms with E-state index in [2.05, 4.69) is 0 Å². The van der Waals surface area contributed by atoms with Gasteiger partial charge in [0.1, 0.15) is 5.75 Å². The molecule has 4 aromatic rings. The van der Waals surface area contributed by atoms with E-state index in [1.54, 1.807) is 17.9 Å². The number of hydrogen-bond acceptors (Lipinski definition) is 5. The Bertz CT molecular complexity index is 1430. The molecule has 0 unspecified atom stereocenters. The minimum absolute atomic E-state index is 0.302. The van der Waals surface area contributed by atoms with Gasteiger partial charge in [-0.2, -0.15) is 5.10 Å². The van der Waals surface area contributed by atoms with Crippen LogP contribution in [0.15, 0.2) is 90.0 Å². The van der Waals surface area contributed by atoms with Gasteiger partial charge in [-0.15, -0.1) is 0 Å². The maximum Gasteiger partial charge on any atom is 0.298 e. The Morgan fingerprint density at radius 3 is 2.37 bits per heavy atom. The van der Waals surface area contributed by atoms with Gasteiger partial charge in [-0.05, 0) is 72.3 Å². The summed E-state index contributed by atoms with van der Waals surface area (Å²) in [6, 6.07) is 24.9. The minimum Gasteiger partial charge on any atom is -0.497 e. The highest BCUT2D eigenvalue weighted by molar-refractivity contribution is 8.19. The third-order valence-electron chi connectivity index (χ3n) is 5.82. The number of hydrogen-bond donors (Lipinski definition) is 0. The van der Waals surface area contributed by atoms with E-state index in [0.29, 0.717) is 16.3 Å². The number of anilines is 1. The van der Waals surface area contributed by atoms with Crippen LogP contribution in [0.3, 0.4) is 0 Å². The second-order valence-corrected chi connectivity index (χ2v) is 8.93. The molecule has 0 saturated carbocycles. The highest BCUT2D eigenvalue weighted by Gasteiger charge is 2.37. The first-order valence-corrected chi connectivity index (χ1v) is 12.1. The molecule has 3 aromatic carbocycles. The molecule has 5 rings (SSSR count). The highest BCUT2D eigenvalue weighted by Crippen LogP contribution is 2.38. The van der Waals surface area contributed by atoms with Crippen LogP contribution in [0.1, 0.15) is 18.1 Å². The summed E-state index contributed by atoms with van der Waals surface area (Å²) in [6.45, 7) is 2.01. The van der Waals surface area contributed by atoms with Crippen molar-refractivity contribution in [1.82, 2.24) is 9.78 Å². The molecule has 174 valence electrons. The third-order valence-corrected chi connectivity index (χ3v) is 6.69. The molecule has 0 N–H and O–H groups in total. The van der Waals surface area contributed by atoms with Gasteiger partial charge in [0.15, 0.2) is 0 Å². The number of imide groups is 1. The monoisotopic (exact) mass is 481 g/mol. The van der Waals surface area contributed by atoms with E-state index in [1.807, 2.05) is 92.0 Å². The first-order chi connectivity index (χ1) is 17.1. The number of benzene rings is 3. The lowest BCUT2D eigenvalue weighted by molar-refractivity contribution is -0.113. The van der Waals surface area contributed by atoms with Crippen molar-refractivity contribution in [3.63, 3.8) is 0 Å². The summed E-state index contributed by atoms with van der Waals surface area (Å²) in [5, 5.41) is 4.51. The number of para-hydroxylation sites is 2. The molecule has 35 heavy (non-hydrogen) atoms. The van der Waals surface area contributed by atoms with E-state index >= 15 is 0 Å². The van der Waals surface area contributed by atoms with Crippen LogP contribution in [0.5, 0.6) is 5.75 Å². The van der Waals surface area contributed by atoms with Gasteiger partial charge in [0.25, 0.3) is 11.1 Å². The van der Waals surface area contributed by atoms with Gasteiger partial charge in [-0.25, -0.2) is 9.58 Å². The zero-order chi connectivity index (χ0) is 24.4. The van der Waals surface area contributed by atoms with Crippen LogP contribution in [0.2, 0.25) is 0 Å². The Morgan fingerprint density at radius 1 is 0.943 bits per heavy atom. The van der Waals surface area contributed by atoms with Crippen molar-refractivity contribution in [1.29, 1.82) is 0 Å². The second kappa shape index (κ2) is 9.64. The smallest absolute Gasteiger partial charge is 0.298 e. The number of carbonyl (C=O) groups is 2. The lowest BCUT2D eigenvalue weighted by Crippen LogP contribution is -2.28.